The molecule has 0 radical (unpaired) electrons. The predicted molar refractivity (Wildman–Crippen MR) is 149 cm³/mol. The number of rotatable bonds is 7. The molecule has 0 aliphatic carbocycles. The minimum absolute atomic E-state index is 0.0441. The van der Waals surface area contributed by atoms with Crippen LogP contribution in [0.2, 0.25) is 0 Å². The molecule has 1 N–H and O–H groups in total. The third-order valence-corrected chi connectivity index (χ3v) is 7.07. The number of hydrogen-bond donors (Lipinski definition) is 1. The van der Waals surface area contributed by atoms with Crippen LogP contribution in [-0.2, 0) is 14.3 Å². The van der Waals surface area contributed by atoms with E-state index in [-0.39, 0.29) is 24.8 Å². The minimum atomic E-state index is -0.545. The maximum atomic E-state index is 13.5. The number of anilines is 1. The molecule has 0 fully saturated rings. The molecule has 192 valence electrons. The summed E-state index contributed by atoms with van der Waals surface area (Å²) in [5, 5.41) is 5.38. The van der Waals surface area contributed by atoms with Crippen LogP contribution < -0.4 is 5.32 Å². The van der Waals surface area contributed by atoms with Crippen molar-refractivity contribution in [1.29, 1.82) is 0 Å². The van der Waals surface area contributed by atoms with Gasteiger partial charge in [-0.25, -0.2) is 14.2 Å². The van der Waals surface area contributed by atoms with Crippen LogP contribution in [0.3, 0.4) is 0 Å². The molecule has 0 bridgehead atoms. The highest BCUT2D eigenvalue weighted by Gasteiger charge is 2.42. The molecule has 0 saturated heterocycles. The Hall–Kier alpha value is -4.17. The van der Waals surface area contributed by atoms with Crippen LogP contribution >= 0.6 is 11.8 Å². The van der Waals surface area contributed by atoms with Crippen molar-refractivity contribution in [3.63, 3.8) is 0 Å². The minimum Gasteiger partial charge on any atom is -0.463 e. The second kappa shape index (κ2) is 11.1. The van der Waals surface area contributed by atoms with Crippen LogP contribution in [0.25, 0.3) is 5.70 Å². The van der Waals surface area contributed by atoms with Crippen LogP contribution in [-0.4, -0.2) is 28.6 Å². The fourth-order valence-electron chi connectivity index (χ4n) is 4.55. The summed E-state index contributed by atoms with van der Waals surface area (Å²) in [5.41, 5.74) is 4.92. The second-order valence-electron chi connectivity index (χ2n) is 8.89. The first-order valence-corrected chi connectivity index (χ1v) is 13.1. The number of aryl methyl sites for hydroxylation is 1. The van der Waals surface area contributed by atoms with Gasteiger partial charge in [0.15, 0.2) is 5.17 Å². The van der Waals surface area contributed by atoms with Gasteiger partial charge in [-0.15, -0.1) is 0 Å². The van der Waals surface area contributed by atoms with Crippen LogP contribution in [0, 0.1) is 12.7 Å². The molecular weight excluding hydrogens is 501 g/mol. The molecular formula is C30H26FN3O3S. The number of nitrogens with one attached hydrogen (secondary N) is 1. The van der Waals surface area contributed by atoms with Gasteiger partial charge >= 0.3 is 5.97 Å². The number of amidine groups is 1. The van der Waals surface area contributed by atoms with Gasteiger partial charge in [-0.3, -0.25) is 4.79 Å². The van der Waals surface area contributed by atoms with Gasteiger partial charge in [0.1, 0.15) is 5.82 Å². The Morgan fingerprint density at radius 3 is 2.53 bits per heavy atom. The van der Waals surface area contributed by atoms with Crippen LogP contribution in [0.5, 0.6) is 0 Å². The van der Waals surface area contributed by atoms with Crippen molar-refractivity contribution in [2.24, 2.45) is 4.99 Å². The molecule has 0 unspecified atom stereocenters. The molecule has 3 aromatic rings. The summed E-state index contributed by atoms with van der Waals surface area (Å²) in [4.78, 5) is 33.4. The van der Waals surface area contributed by atoms with E-state index >= 15 is 0 Å². The first kappa shape index (κ1) is 25.5. The van der Waals surface area contributed by atoms with Crippen molar-refractivity contribution in [3.8, 4) is 0 Å². The largest absolute Gasteiger partial charge is 0.463 e. The zero-order chi connectivity index (χ0) is 26.6. The van der Waals surface area contributed by atoms with Gasteiger partial charge < -0.3 is 15.0 Å². The lowest BCUT2D eigenvalue weighted by Crippen LogP contribution is -2.37. The van der Waals surface area contributed by atoms with E-state index < -0.39 is 12.0 Å². The molecule has 1 amide bonds. The van der Waals surface area contributed by atoms with Gasteiger partial charge in [-0.05, 0) is 49.1 Å². The number of halogens is 1. The fourth-order valence-corrected chi connectivity index (χ4v) is 5.47. The number of carbonyl (C=O) groups excluding carboxylic acids is 2. The van der Waals surface area contributed by atoms with Crippen molar-refractivity contribution < 1.29 is 18.7 Å². The highest BCUT2D eigenvalue weighted by atomic mass is 32.2. The highest BCUT2D eigenvalue weighted by Crippen LogP contribution is 2.47. The lowest BCUT2D eigenvalue weighted by molar-refractivity contribution is -0.139. The monoisotopic (exact) mass is 527 g/mol. The summed E-state index contributed by atoms with van der Waals surface area (Å²) in [5.74, 6) is -1.09. The maximum Gasteiger partial charge on any atom is 0.338 e. The smallest absolute Gasteiger partial charge is 0.338 e. The summed E-state index contributed by atoms with van der Waals surface area (Å²) in [7, 11) is 0. The Morgan fingerprint density at radius 2 is 1.82 bits per heavy atom. The lowest BCUT2D eigenvalue weighted by atomic mass is 9.90. The number of benzene rings is 3. The van der Waals surface area contributed by atoms with Gasteiger partial charge in [0.05, 0.1) is 30.3 Å². The van der Waals surface area contributed by atoms with E-state index in [4.69, 9.17) is 9.73 Å². The van der Waals surface area contributed by atoms with E-state index in [0.717, 1.165) is 16.7 Å². The molecule has 5 rings (SSSR count). The first-order chi connectivity index (χ1) is 18.4. The van der Waals surface area contributed by atoms with Gasteiger partial charge in [-0.2, -0.15) is 0 Å². The maximum absolute atomic E-state index is 13.5. The van der Waals surface area contributed by atoms with Gasteiger partial charge in [0, 0.05) is 16.9 Å². The van der Waals surface area contributed by atoms with Crippen molar-refractivity contribution >= 4 is 40.2 Å². The van der Waals surface area contributed by atoms with E-state index in [0.29, 0.717) is 27.8 Å². The molecule has 2 aliphatic rings. The second-order valence-corrected chi connectivity index (χ2v) is 9.73. The molecule has 8 heteroatoms. The number of fused-ring (bicyclic) bond motifs is 1. The van der Waals surface area contributed by atoms with E-state index in [1.54, 1.807) is 6.92 Å². The van der Waals surface area contributed by atoms with E-state index in [1.807, 2.05) is 71.8 Å². The molecule has 2 heterocycles. The molecule has 38 heavy (non-hydrogen) atoms. The normalized spacial score (nSPS) is 16.5. The zero-order valence-electron chi connectivity index (χ0n) is 21.0. The molecule has 1 atom stereocenters. The van der Waals surface area contributed by atoms with Crippen molar-refractivity contribution in [2.45, 2.75) is 26.3 Å². The highest BCUT2D eigenvalue weighted by molar-refractivity contribution is 8.16. The topological polar surface area (TPSA) is 71.0 Å². The van der Waals surface area contributed by atoms with E-state index in [2.05, 4.69) is 5.32 Å². The van der Waals surface area contributed by atoms with Crippen LogP contribution in [0.15, 0.2) is 101 Å². The van der Waals surface area contributed by atoms with Crippen molar-refractivity contribution in [1.82, 2.24) is 4.90 Å². The van der Waals surface area contributed by atoms with E-state index in [9.17, 15) is 14.0 Å². The molecule has 0 aromatic heterocycles. The predicted octanol–water partition coefficient (Wildman–Crippen LogP) is 6.44. The Kier molecular flexibility index (Phi) is 7.42. The number of nitrogens with zero attached hydrogens (tertiary/aromatic N) is 2. The number of amides is 1. The molecule has 6 nitrogen and oxygen atoms in total. The summed E-state index contributed by atoms with van der Waals surface area (Å²) in [6.07, 6.45) is 0.0441. The quantitative estimate of drug-likeness (QED) is 0.358. The average molecular weight is 528 g/mol. The molecule has 0 spiro atoms. The Balaban J connectivity index is 1.57. The average Bonchev–Trinajstić information content (AvgIpc) is 3.31. The summed E-state index contributed by atoms with van der Waals surface area (Å²) < 4.78 is 18.8. The van der Waals surface area contributed by atoms with Gasteiger partial charge in [0.2, 0.25) is 5.91 Å². The lowest BCUT2D eigenvalue weighted by Gasteiger charge is -2.37. The third kappa shape index (κ3) is 5.26. The van der Waals surface area contributed by atoms with Crippen molar-refractivity contribution in [3.05, 3.63) is 118 Å². The molecule has 2 aliphatic heterocycles. The number of ether oxygens (including phenoxy) is 1. The fraction of sp³-hybridized carbons (Fsp3) is 0.167. The van der Waals surface area contributed by atoms with Crippen molar-refractivity contribution in [2.75, 3.05) is 11.9 Å². The Labute approximate surface area is 224 Å². The van der Waals surface area contributed by atoms with Gasteiger partial charge in [-0.1, -0.05) is 71.9 Å². The number of hydrogen-bond acceptors (Lipinski definition) is 6. The van der Waals surface area contributed by atoms with Crippen LogP contribution in [0.1, 0.15) is 36.1 Å². The SMILES string of the molecule is CCOC(=O)C1=C(c2ccccc2)N=C2SC=C(CC(=O)Nc3ccc(F)cc3)N2[C@@H]1c1cccc(C)c1. The molecule has 3 aromatic carbocycles. The zero-order valence-corrected chi connectivity index (χ0v) is 21.8. The third-order valence-electron chi connectivity index (χ3n) is 6.18. The van der Waals surface area contributed by atoms with Gasteiger partial charge in [0.25, 0.3) is 0 Å². The number of thioether (sulfide) groups is 1. The summed E-state index contributed by atoms with van der Waals surface area (Å²) in [6.45, 7) is 3.99. The van der Waals surface area contributed by atoms with Crippen LogP contribution in [0.4, 0.5) is 10.1 Å². The number of aliphatic imine (C=N–C) groups is 1. The first-order valence-electron chi connectivity index (χ1n) is 12.3. The Bertz CT molecular complexity index is 1470. The standard InChI is InChI=1S/C30H26FN3O3S/c1-3-37-29(36)26-27(20-9-5-4-6-10-20)33-30-34(28(26)21-11-7-8-19(2)16-21)24(18-38-30)17-25(35)32-23-14-12-22(31)13-15-23/h4-16,18,28H,3,17H2,1-2H3,(H,32,35)/t28-/m1/s1. The summed E-state index contributed by atoms with van der Waals surface area (Å²) >= 11 is 1.41. The summed E-state index contributed by atoms with van der Waals surface area (Å²) in [6, 6.07) is 22.6. The number of carbonyl (C=O) groups is 2. The van der Waals surface area contributed by atoms with E-state index in [1.165, 1.54) is 36.0 Å². The number of esters is 1. The molecule has 0 saturated carbocycles. The Morgan fingerprint density at radius 1 is 1.05 bits per heavy atom.